The fourth-order valence-corrected chi connectivity index (χ4v) is 5.84. The molecular formula is C15H15NO3S. The van der Waals surface area contributed by atoms with Gasteiger partial charge in [0.2, 0.25) is 0 Å². The summed E-state index contributed by atoms with van der Waals surface area (Å²) < 4.78 is 24.0. The van der Waals surface area contributed by atoms with E-state index in [9.17, 15) is 13.2 Å². The van der Waals surface area contributed by atoms with Crippen molar-refractivity contribution in [2.45, 2.75) is 36.2 Å². The van der Waals surface area contributed by atoms with Crippen molar-refractivity contribution in [1.82, 2.24) is 0 Å². The molecule has 2 atom stereocenters. The van der Waals surface area contributed by atoms with Gasteiger partial charge in [0, 0.05) is 11.5 Å². The molecule has 2 aliphatic rings. The normalized spacial score (nSPS) is 30.6. The molecule has 0 radical (unpaired) electrons. The zero-order valence-electron chi connectivity index (χ0n) is 11.0. The summed E-state index contributed by atoms with van der Waals surface area (Å²) in [6.45, 7) is 0. The molecule has 1 aromatic rings. The maximum atomic E-state index is 12.5. The molecule has 2 heterocycles. The van der Waals surface area contributed by atoms with Crippen LogP contribution >= 0.6 is 0 Å². The zero-order valence-corrected chi connectivity index (χ0v) is 11.8. The van der Waals surface area contributed by atoms with Gasteiger partial charge in [-0.2, -0.15) is 5.26 Å². The van der Waals surface area contributed by atoms with Crippen molar-refractivity contribution in [2.24, 2.45) is 5.92 Å². The molecule has 2 saturated heterocycles. The highest BCUT2D eigenvalue weighted by molar-refractivity contribution is 7.93. The molecule has 104 valence electrons. The molecule has 2 aliphatic heterocycles. The lowest BCUT2D eigenvalue weighted by Gasteiger charge is -2.26. The molecular weight excluding hydrogens is 274 g/mol. The van der Waals surface area contributed by atoms with Gasteiger partial charge in [-0.15, -0.1) is 0 Å². The summed E-state index contributed by atoms with van der Waals surface area (Å²) in [7, 11) is -2.98. The quantitative estimate of drug-likeness (QED) is 0.781. The number of carbonyl (C=O) groups is 1. The van der Waals surface area contributed by atoms with E-state index in [0.717, 1.165) is 0 Å². The van der Waals surface area contributed by atoms with E-state index in [1.165, 1.54) is 0 Å². The third kappa shape index (κ3) is 2.04. The Hall–Kier alpha value is -1.67. The van der Waals surface area contributed by atoms with Crippen molar-refractivity contribution in [3.8, 4) is 6.07 Å². The van der Waals surface area contributed by atoms with Gasteiger partial charge in [0.25, 0.3) is 0 Å². The van der Waals surface area contributed by atoms with Gasteiger partial charge in [0.15, 0.2) is 15.6 Å². The fourth-order valence-electron chi connectivity index (χ4n) is 3.37. The highest BCUT2D eigenvalue weighted by Gasteiger charge is 2.48. The van der Waals surface area contributed by atoms with E-state index in [4.69, 9.17) is 5.26 Å². The molecule has 0 saturated carbocycles. The lowest BCUT2D eigenvalue weighted by Crippen LogP contribution is -2.36. The Morgan fingerprint density at radius 1 is 1.10 bits per heavy atom. The predicted molar refractivity (Wildman–Crippen MR) is 73.9 cm³/mol. The van der Waals surface area contributed by atoms with Gasteiger partial charge in [-0.25, -0.2) is 8.42 Å². The largest absolute Gasteiger partial charge is 0.294 e. The van der Waals surface area contributed by atoms with E-state index in [1.807, 2.05) is 6.07 Å². The van der Waals surface area contributed by atoms with Crippen LogP contribution in [-0.4, -0.2) is 24.7 Å². The number of ketones is 1. The van der Waals surface area contributed by atoms with E-state index in [2.05, 4.69) is 0 Å². The first kappa shape index (κ1) is 13.3. The van der Waals surface area contributed by atoms with Gasteiger partial charge in [-0.3, -0.25) is 4.79 Å². The number of nitriles is 1. The van der Waals surface area contributed by atoms with Gasteiger partial charge in [0.1, 0.15) is 0 Å². The van der Waals surface area contributed by atoms with Crippen LogP contribution in [0.2, 0.25) is 0 Å². The molecule has 2 unspecified atom stereocenters. The second-order valence-corrected chi connectivity index (χ2v) is 8.14. The Morgan fingerprint density at radius 2 is 1.65 bits per heavy atom. The van der Waals surface area contributed by atoms with Crippen molar-refractivity contribution in [3.63, 3.8) is 0 Å². The van der Waals surface area contributed by atoms with Crippen molar-refractivity contribution < 1.29 is 13.2 Å². The van der Waals surface area contributed by atoms with Gasteiger partial charge >= 0.3 is 0 Å². The van der Waals surface area contributed by atoms with Gasteiger partial charge in [-0.05, 0) is 37.8 Å². The molecule has 0 aromatic heterocycles. The number of hydrogen-bond acceptors (Lipinski definition) is 4. The van der Waals surface area contributed by atoms with Crippen LogP contribution in [0.3, 0.4) is 0 Å². The summed E-state index contributed by atoms with van der Waals surface area (Å²) in [4.78, 5) is 12.5. The summed E-state index contributed by atoms with van der Waals surface area (Å²) in [5, 5.41) is 8.10. The number of benzene rings is 1. The summed E-state index contributed by atoms with van der Waals surface area (Å²) in [6.07, 6.45) is 2.31. The van der Waals surface area contributed by atoms with Crippen LogP contribution in [0.5, 0.6) is 0 Å². The topological polar surface area (TPSA) is 75.0 Å². The number of carbonyl (C=O) groups excluding carboxylic acids is 1. The van der Waals surface area contributed by atoms with E-state index in [1.54, 1.807) is 24.3 Å². The van der Waals surface area contributed by atoms with Crippen molar-refractivity contribution in [3.05, 3.63) is 35.4 Å². The first-order valence-electron chi connectivity index (χ1n) is 6.79. The summed E-state index contributed by atoms with van der Waals surface area (Å²) in [5.74, 6) is -0.176. The Kier molecular flexibility index (Phi) is 3.14. The van der Waals surface area contributed by atoms with Crippen molar-refractivity contribution in [2.75, 3.05) is 0 Å². The standard InChI is InChI=1S/C15H15NO3S/c16-9-10-1-3-11(4-2-10)15(17)12-7-13-5-6-14(8-12)20(13,18)19/h1-4,12-14H,5-8H2. The molecule has 2 fully saturated rings. The molecule has 0 aliphatic carbocycles. The SMILES string of the molecule is N#Cc1ccc(C(=O)C2CC3CCC(C2)S3(=O)=O)cc1. The number of nitrogens with zero attached hydrogens (tertiary/aromatic N) is 1. The maximum absolute atomic E-state index is 12.5. The summed E-state index contributed by atoms with van der Waals surface area (Å²) >= 11 is 0. The van der Waals surface area contributed by atoms with E-state index in [0.29, 0.717) is 36.8 Å². The second-order valence-electron chi connectivity index (χ2n) is 5.63. The minimum atomic E-state index is -2.98. The van der Waals surface area contributed by atoms with E-state index >= 15 is 0 Å². The van der Waals surface area contributed by atoms with Crippen LogP contribution in [0.15, 0.2) is 24.3 Å². The third-order valence-corrected chi connectivity index (χ3v) is 7.22. The average molecular weight is 289 g/mol. The molecule has 5 heteroatoms. The Labute approximate surface area is 118 Å². The van der Waals surface area contributed by atoms with Crippen LogP contribution < -0.4 is 0 Å². The van der Waals surface area contributed by atoms with Gasteiger partial charge in [0.05, 0.1) is 22.1 Å². The average Bonchev–Trinajstić information content (AvgIpc) is 2.66. The smallest absolute Gasteiger partial charge is 0.166 e. The van der Waals surface area contributed by atoms with Crippen LogP contribution in [0.4, 0.5) is 0 Å². The number of hydrogen-bond donors (Lipinski definition) is 0. The molecule has 3 rings (SSSR count). The zero-order chi connectivity index (χ0) is 14.3. The minimum Gasteiger partial charge on any atom is -0.294 e. The highest BCUT2D eigenvalue weighted by Crippen LogP contribution is 2.42. The van der Waals surface area contributed by atoms with E-state index in [-0.39, 0.29) is 22.2 Å². The van der Waals surface area contributed by atoms with Crippen molar-refractivity contribution in [1.29, 1.82) is 5.26 Å². The van der Waals surface area contributed by atoms with Crippen molar-refractivity contribution >= 4 is 15.6 Å². The lowest BCUT2D eigenvalue weighted by molar-refractivity contribution is 0.0905. The number of fused-ring (bicyclic) bond motifs is 2. The van der Waals surface area contributed by atoms with Crippen LogP contribution in [0, 0.1) is 17.2 Å². The second kappa shape index (κ2) is 4.71. The fraction of sp³-hybridized carbons (Fsp3) is 0.467. The number of rotatable bonds is 2. The molecule has 0 spiro atoms. The molecule has 20 heavy (non-hydrogen) atoms. The molecule has 1 aromatic carbocycles. The molecule has 0 amide bonds. The van der Waals surface area contributed by atoms with E-state index < -0.39 is 9.84 Å². The molecule has 0 N–H and O–H groups in total. The van der Waals surface area contributed by atoms with Gasteiger partial charge < -0.3 is 0 Å². The lowest BCUT2D eigenvalue weighted by atomic mass is 9.90. The third-order valence-electron chi connectivity index (χ3n) is 4.50. The number of Topliss-reactive ketones (excluding diaryl/α,β-unsaturated/α-hetero) is 1. The Bertz CT molecular complexity index is 665. The monoisotopic (exact) mass is 289 g/mol. The minimum absolute atomic E-state index is 0.0151. The Balaban J connectivity index is 1.81. The summed E-state index contributed by atoms with van der Waals surface area (Å²) in [6, 6.07) is 8.59. The first-order chi connectivity index (χ1) is 9.52. The summed E-state index contributed by atoms with van der Waals surface area (Å²) in [5.41, 5.74) is 1.10. The highest BCUT2D eigenvalue weighted by atomic mass is 32.2. The molecule has 4 nitrogen and oxygen atoms in total. The Morgan fingerprint density at radius 3 is 2.15 bits per heavy atom. The van der Waals surface area contributed by atoms with Crippen LogP contribution in [0.25, 0.3) is 0 Å². The van der Waals surface area contributed by atoms with Gasteiger partial charge in [-0.1, -0.05) is 12.1 Å². The van der Waals surface area contributed by atoms with Crippen LogP contribution in [0.1, 0.15) is 41.6 Å². The maximum Gasteiger partial charge on any atom is 0.166 e. The van der Waals surface area contributed by atoms with Crippen LogP contribution in [-0.2, 0) is 9.84 Å². The molecule has 2 bridgehead atoms. The predicted octanol–water partition coefficient (Wildman–Crippen LogP) is 2.10. The first-order valence-corrected chi connectivity index (χ1v) is 8.40. The number of sulfone groups is 1.